The first-order chi connectivity index (χ1) is 13.4. The van der Waals surface area contributed by atoms with Gasteiger partial charge in [0.2, 0.25) is 10.9 Å². The van der Waals surface area contributed by atoms with Crippen LogP contribution in [0.25, 0.3) is 43.1 Å². The summed E-state index contributed by atoms with van der Waals surface area (Å²) in [6, 6.07) is 14.9. The zero-order valence-electron chi connectivity index (χ0n) is 14.0. The van der Waals surface area contributed by atoms with E-state index in [1.807, 2.05) is 36.4 Å². The lowest BCUT2D eigenvalue weighted by Crippen LogP contribution is -2.46. The largest absolute Gasteiger partial charge is 0.285 e. The molecule has 5 aromatic carbocycles. The summed E-state index contributed by atoms with van der Waals surface area (Å²) in [6.45, 7) is 0. The normalized spacial score (nSPS) is 11.8. The van der Waals surface area contributed by atoms with Crippen molar-refractivity contribution in [1.82, 2.24) is 0 Å². The van der Waals surface area contributed by atoms with Crippen molar-refractivity contribution in [3.05, 3.63) is 99.5 Å². The minimum absolute atomic E-state index is 0.0910. The Morgan fingerprint density at radius 2 is 1.07 bits per heavy atom. The molecule has 6 heteroatoms. The molecule has 5 rings (SSSR count). The van der Waals surface area contributed by atoms with E-state index in [1.165, 1.54) is 6.07 Å². The zero-order chi connectivity index (χ0) is 19.7. The zero-order valence-corrected chi connectivity index (χ0v) is 15.5. The number of benzene rings is 5. The fraction of sp³-hybridized carbons (Fsp3) is 0. The number of hydrogen-bond donors (Lipinski definition) is 0. The van der Waals surface area contributed by atoms with Crippen LogP contribution in [0.2, 0.25) is 10.0 Å². The van der Waals surface area contributed by atoms with E-state index in [1.54, 1.807) is 6.07 Å². The van der Waals surface area contributed by atoms with Crippen LogP contribution in [0.5, 0.6) is 0 Å². The maximum Gasteiger partial charge on any atom is 0.277 e. The van der Waals surface area contributed by atoms with Crippen LogP contribution in [0.3, 0.4) is 0 Å². The first-order valence-electron chi connectivity index (χ1n) is 8.33. The van der Waals surface area contributed by atoms with Crippen LogP contribution in [0.15, 0.2) is 67.7 Å². The van der Waals surface area contributed by atoms with E-state index in [9.17, 15) is 19.2 Å². The second-order valence-electron chi connectivity index (χ2n) is 6.64. The molecule has 0 fully saturated rings. The summed E-state index contributed by atoms with van der Waals surface area (Å²) in [4.78, 5) is 48.2. The Morgan fingerprint density at radius 1 is 0.500 bits per heavy atom. The Bertz CT molecular complexity index is 1710. The predicted octanol–water partition coefficient (Wildman–Crippen LogP) is 3.92. The van der Waals surface area contributed by atoms with Crippen LogP contribution in [0, 0.1) is 0 Å². The Balaban J connectivity index is 2.10. The molecule has 28 heavy (non-hydrogen) atoms. The number of rotatable bonds is 0. The molecule has 0 aliphatic heterocycles. The molecule has 0 bridgehead atoms. The summed E-state index contributed by atoms with van der Waals surface area (Å²) in [5.74, 6) is 0. The first-order valence-corrected chi connectivity index (χ1v) is 9.09. The lowest BCUT2D eigenvalue weighted by atomic mass is 9.97. The average molecular weight is 407 g/mol. The molecule has 0 aromatic heterocycles. The lowest BCUT2D eigenvalue weighted by Gasteiger charge is -2.11. The van der Waals surface area contributed by atoms with Crippen LogP contribution in [-0.4, -0.2) is 0 Å². The molecule has 4 nitrogen and oxygen atoms in total. The van der Waals surface area contributed by atoms with Crippen molar-refractivity contribution in [2.75, 3.05) is 0 Å². The number of halogens is 2. The third-order valence-corrected chi connectivity index (χ3v) is 5.84. The fourth-order valence-electron chi connectivity index (χ4n) is 3.72. The molecule has 0 saturated heterocycles. The molecular formula is C22H8Cl2O4. The van der Waals surface area contributed by atoms with Gasteiger partial charge in [-0.15, -0.1) is 0 Å². The molecule has 0 unspecified atom stereocenters. The highest BCUT2D eigenvalue weighted by atomic mass is 35.5. The highest BCUT2D eigenvalue weighted by Gasteiger charge is 2.20. The summed E-state index contributed by atoms with van der Waals surface area (Å²) in [5.41, 5.74) is -4.83. The Labute approximate surface area is 165 Å². The van der Waals surface area contributed by atoms with Gasteiger partial charge in [0.1, 0.15) is 0 Å². The second kappa shape index (κ2) is 5.71. The highest BCUT2D eigenvalue weighted by molar-refractivity contribution is 6.48. The smallest absolute Gasteiger partial charge is 0.277 e. The Morgan fingerprint density at radius 3 is 1.79 bits per heavy atom. The monoisotopic (exact) mass is 406 g/mol. The SMILES string of the molecule is O=c1c(=O)c(=O)c2c(Cl)c3c(Cl)c4cc5ccccc5cc4cc3cc2c1=O. The van der Waals surface area contributed by atoms with Crippen molar-refractivity contribution in [2.24, 2.45) is 0 Å². The fourth-order valence-corrected chi connectivity index (χ4v) is 4.53. The minimum atomic E-state index is -1.37. The summed E-state index contributed by atoms with van der Waals surface area (Å²) in [7, 11) is 0. The summed E-state index contributed by atoms with van der Waals surface area (Å²) in [5, 5.41) is 4.24. The first kappa shape index (κ1) is 17.0. The van der Waals surface area contributed by atoms with E-state index >= 15 is 0 Å². The molecule has 0 heterocycles. The van der Waals surface area contributed by atoms with Gasteiger partial charge >= 0.3 is 0 Å². The lowest BCUT2D eigenvalue weighted by molar-refractivity contribution is 1.40. The van der Waals surface area contributed by atoms with Gasteiger partial charge in [-0.05, 0) is 45.8 Å². The van der Waals surface area contributed by atoms with Gasteiger partial charge in [0.15, 0.2) is 0 Å². The van der Waals surface area contributed by atoms with Gasteiger partial charge in [-0.2, -0.15) is 0 Å². The van der Waals surface area contributed by atoms with Gasteiger partial charge in [0.05, 0.1) is 15.4 Å². The maximum absolute atomic E-state index is 12.3. The van der Waals surface area contributed by atoms with Crippen molar-refractivity contribution >= 4 is 66.3 Å². The summed E-state index contributed by atoms with van der Waals surface area (Å²) >= 11 is 13.1. The molecule has 0 aliphatic carbocycles. The van der Waals surface area contributed by atoms with Gasteiger partial charge < -0.3 is 0 Å². The highest BCUT2D eigenvalue weighted by Crippen LogP contribution is 2.40. The number of hydrogen-bond acceptors (Lipinski definition) is 4. The van der Waals surface area contributed by atoms with E-state index in [4.69, 9.17) is 23.2 Å². The van der Waals surface area contributed by atoms with Crippen molar-refractivity contribution in [3.8, 4) is 0 Å². The van der Waals surface area contributed by atoms with Crippen LogP contribution < -0.4 is 21.7 Å². The van der Waals surface area contributed by atoms with E-state index in [2.05, 4.69) is 0 Å². The summed E-state index contributed by atoms with van der Waals surface area (Å²) < 4.78 is 0. The molecule has 0 saturated carbocycles. The molecule has 134 valence electrons. The van der Waals surface area contributed by atoms with Gasteiger partial charge in [-0.25, -0.2) is 0 Å². The molecule has 0 radical (unpaired) electrons. The topological polar surface area (TPSA) is 68.3 Å². The minimum Gasteiger partial charge on any atom is -0.285 e. The van der Waals surface area contributed by atoms with E-state index in [0.29, 0.717) is 15.8 Å². The van der Waals surface area contributed by atoms with Crippen molar-refractivity contribution in [3.63, 3.8) is 0 Å². The van der Waals surface area contributed by atoms with Crippen molar-refractivity contribution < 1.29 is 0 Å². The molecule has 0 aliphatic rings. The predicted molar refractivity (Wildman–Crippen MR) is 114 cm³/mol. The standard InChI is InChI=1S/C22H8Cl2O4/c23-17-13-7-10-4-2-1-3-9(10)5-11(13)6-12-8-14-16(18(24)15(12)17)20(26)22(28)21(27)19(14)25/h1-8H. The van der Waals surface area contributed by atoms with Gasteiger partial charge in [-0.1, -0.05) is 47.5 Å². The van der Waals surface area contributed by atoms with Crippen LogP contribution in [-0.2, 0) is 0 Å². The average Bonchev–Trinajstić information content (AvgIpc) is 2.69. The van der Waals surface area contributed by atoms with Gasteiger partial charge in [0, 0.05) is 16.2 Å². The van der Waals surface area contributed by atoms with Gasteiger partial charge in [-0.3, -0.25) is 19.2 Å². The van der Waals surface area contributed by atoms with E-state index < -0.39 is 21.7 Å². The van der Waals surface area contributed by atoms with Crippen molar-refractivity contribution in [1.29, 1.82) is 0 Å². The van der Waals surface area contributed by atoms with Crippen LogP contribution >= 0.6 is 23.2 Å². The third-order valence-electron chi connectivity index (χ3n) is 5.07. The third kappa shape index (κ3) is 2.13. The quantitative estimate of drug-likeness (QED) is 0.288. The van der Waals surface area contributed by atoms with Gasteiger partial charge in [0.25, 0.3) is 10.9 Å². The summed E-state index contributed by atoms with van der Waals surface area (Å²) in [6.07, 6.45) is 0. The van der Waals surface area contributed by atoms with E-state index in [-0.39, 0.29) is 15.8 Å². The molecule has 0 amide bonds. The molecule has 0 atom stereocenters. The molecule has 0 spiro atoms. The van der Waals surface area contributed by atoms with E-state index in [0.717, 1.165) is 21.5 Å². The maximum atomic E-state index is 12.3. The Kier molecular flexibility index (Phi) is 3.48. The number of fused-ring (bicyclic) bond motifs is 4. The van der Waals surface area contributed by atoms with Crippen LogP contribution in [0.4, 0.5) is 0 Å². The molecular weight excluding hydrogens is 399 g/mol. The second-order valence-corrected chi connectivity index (χ2v) is 7.39. The van der Waals surface area contributed by atoms with Crippen LogP contribution in [0.1, 0.15) is 0 Å². The van der Waals surface area contributed by atoms with Crippen molar-refractivity contribution in [2.45, 2.75) is 0 Å². The molecule has 5 aromatic rings. The molecule has 0 N–H and O–H groups in total. The Hall–Kier alpha value is -3.08.